The van der Waals surface area contributed by atoms with Crippen molar-refractivity contribution in [1.82, 2.24) is 0 Å². The number of rotatable bonds is 5. The Kier molecular flexibility index (Phi) is 6.51. The maximum atomic E-state index is 7.11. The Hall–Kier alpha value is -1.78. The lowest BCUT2D eigenvalue weighted by molar-refractivity contribution is -0.576. The fourth-order valence-corrected chi connectivity index (χ4v) is 10.8. The number of hydrogen-bond donors (Lipinski definition) is 0. The molecule has 2 heterocycles. The van der Waals surface area contributed by atoms with Crippen molar-refractivity contribution in [1.29, 1.82) is 0 Å². The molecule has 1 fully saturated rings. The van der Waals surface area contributed by atoms with Crippen molar-refractivity contribution in [3.63, 3.8) is 0 Å². The molecule has 3 aromatic rings. The standard InChI is InChI=1S/C25H31BNO2PS/c1-20(2)24-28-26(22-14-8-5-9-15-22,27-18-12-7-13-19-27)29-25(21(3)4)30(24,31)23-16-10-6-11-17-23/h5-21,24-25H,1-4H3. The van der Waals surface area contributed by atoms with Crippen LogP contribution in [0.1, 0.15) is 27.7 Å². The molecular weight excluding hydrogens is 420 g/mol. The molecule has 3 nitrogen and oxygen atoms in total. The topological polar surface area (TPSA) is 22.3 Å². The summed E-state index contributed by atoms with van der Waals surface area (Å²) in [5, 5.41) is 1.19. The van der Waals surface area contributed by atoms with Crippen LogP contribution in [0, 0.1) is 11.8 Å². The summed E-state index contributed by atoms with van der Waals surface area (Å²) in [6.07, 6.45) is 4.08. The molecule has 162 valence electrons. The van der Waals surface area contributed by atoms with E-state index in [0.717, 1.165) is 5.46 Å². The molecule has 0 radical (unpaired) electrons. The first-order chi connectivity index (χ1) is 14.9. The quantitative estimate of drug-likeness (QED) is 0.422. The molecule has 2 unspecified atom stereocenters. The number of benzene rings is 2. The van der Waals surface area contributed by atoms with Crippen molar-refractivity contribution in [2.45, 2.75) is 39.4 Å². The van der Waals surface area contributed by atoms with Gasteiger partial charge in [-0.05, 0) is 29.3 Å². The van der Waals surface area contributed by atoms with Crippen LogP contribution in [0.4, 0.5) is 0 Å². The van der Waals surface area contributed by atoms with Crippen molar-refractivity contribution < 1.29 is 13.8 Å². The van der Waals surface area contributed by atoms with Gasteiger partial charge in [0.1, 0.15) is 12.4 Å². The fourth-order valence-electron chi connectivity index (χ4n) is 4.70. The van der Waals surface area contributed by atoms with Gasteiger partial charge in [-0.3, -0.25) is 0 Å². The van der Waals surface area contributed by atoms with Gasteiger partial charge in [-0.15, -0.1) is 0 Å². The lowest BCUT2D eigenvalue weighted by atomic mass is 9.62. The van der Waals surface area contributed by atoms with Crippen LogP contribution in [-0.4, -0.2) is 18.4 Å². The van der Waals surface area contributed by atoms with Crippen molar-refractivity contribution in [3.05, 3.63) is 91.3 Å². The summed E-state index contributed by atoms with van der Waals surface area (Å²) in [7, 11) is 0. The zero-order valence-electron chi connectivity index (χ0n) is 18.7. The normalized spacial score (nSPS) is 28.7. The summed E-state index contributed by atoms with van der Waals surface area (Å²) in [6, 6.07) is 24.7. The zero-order valence-corrected chi connectivity index (χ0v) is 20.4. The van der Waals surface area contributed by atoms with Crippen LogP contribution in [-0.2, 0) is 21.1 Å². The Morgan fingerprint density at radius 2 is 1.19 bits per heavy atom. The van der Waals surface area contributed by atoms with Crippen LogP contribution in [0.3, 0.4) is 0 Å². The summed E-state index contributed by atoms with van der Waals surface area (Å²) in [5.74, 6) is 0.314. The summed E-state index contributed by atoms with van der Waals surface area (Å²) >= 11 is 6.58. The Labute approximate surface area is 191 Å². The molecule has 0 bridgehead atoms. The summed E-state index contributed by atoms with van der Waals surface area (Å²) in [6.45, 7) is 6.93. The molecule has 0 amide bonds. The van der Waals surface area contributed by atoms with Crippen LogP contribution < -0.4 is 15.2 Å². The van der Waals surface area contributed by atoms with E-state index in [2.05, 4.69) is 68.6 Å². The average molecular weight is 451 g/mol. The molecule has 1 saturated heterocycles. The van der Waals surface area contributed by atoms with Crippen molar-refractivity contribution in [2.24, 2.45) is 11.8 Å². The van der Waals surface area contributed by atoms with Gasteiger partial charge in [0.15, 0.2) is 0 Å². The maximum Gasteiger partial charge on any atom is 0.576 e. The van der Waals surface area contributed by atoms with E-state index in [-0.39, 0.29) is 23.5 Å². The Morgan fingerprint density at radius 1 is 0.742 bits per heavy atom. The SMILES string of the molecule is CC(C)C1O[B-](c2ccccc2)([n+]2ccccc2)OC(C(C)C)P1(=S)c1ccccc1. The minimum atomic E-state index is -2.23. The van der Waals surface area contributed by atoms with Gasteiger partial charge in [-0.2, -0.15) is 0 Å². The van der Waals surface area contributed by atoms with E-state index in [1.807, 2.05) is 54.9 Å². The third kappa shape index (κ3) is 3.94. The number of aromatic nitrogens is 1. The van der Waals surface area contributed by atoms with E-state index in [4.69, 9.17) is 21.1 Å². The Balaban J connectivity index is 1.96. The average Bonchev–Trinajstić information content (AvgIpc) is 2.80. The third-order valence-electron chi connectivity index (χ3n) is 6.06. The first-order valence-corrected chi connectivity index (χ1v) is 14.0. The molecule has 31 heavy (non-hydrogen) atoms. The molecule has 0 spiro atoms. The summed E-state index contributed by atoms with van der Waals surface area (Å²) < 4.78 is 16.3. The van der Waals surface area contributed by atoms with E-state index in [1.165, 1.54) is 5.30 Å². The lowest BCUT2D eigenvalue weighted by Gasteiger charge is -2.55. The van der Waals surface area contributed by atoms with E-state index >= 15 is 0 Å². The number of hydrogen-bond acceptors (Lipinski definition) is 3. The number of pyridine rings is 1. The van der Waals surface area contributed by atoms with Gasteiger partial charge in [0.2, 0.25) is 0 Å². The van der Waals surface area contributed by atoms with Gasteiger partial charge < -0.3 is 13.8 Å². The minimum Gasteiger partial charge on any atom is -0.495 e. The molecule has 0 aliphatic carbocycles. The molecule has 2 aromatic carbocycles. The van der Waals surface area contributed by atoms with Crippen LogP contribution >= 0.6 is 6.04 Å². The van der Waals surface area contributed by atoms with Crippen LogP contribution in [0.2, 0.25) is 0 Å². The fraction of sp³-hybridized carbons (Fsp3) is 0.320. The molecule has 1 aliphatic heterocycles. The predicted molar refractivity (Wildman–Crippen MR) is 134 cm³/mol. The zero-order chi connectivity index (χ0) is 22.1. The largest absolute Gasteiger partial charge is 0.576 e. The molecule has 2 atom stereocenters. The second-order valence-electron chi connectivity index (χ2n) is 8.99. The van der Waals surface area contributed by atoms with E-state index in [0.29, 0.717) is 0 Å². The van der Waals surface area contributed by atoms with Gasteiger partial charge in [0.05, 0.1) is 11.7 Å². The lowest BCUT2D eigenvalue weighted by Crippen LogP contribution is -2.79. The van der Waals surface area contributed by atoms with Gasteiger partial charge in [-0.1, -0.05) is 112 Å². The Bertz CT molecular complexity index is 983. The molecular formula is C25H31BNO2PS. The van der Waals surface area contributed by atoms with Gasteiger partial charge >= 0.3 is 6.69 Å². The molecule has 6 heteroatoms. The second-order valence-corrected chi connectivity index (χ2v) is 13.8. The van der Waals surface area contributed by atoms with Gasteiger partial charge in [-0.25, -0.2) is 0 Å². The smallest absolute Gasteiger partial charge is 0.495 e. The monoisotopic (exact) mass is 451 g/mol. The summed E-state index contributed by atoms with van der Waals surface area (Å²) in [4.78, 5) is 0. The predicted octanol–water partition coefficient (Wildman–Crippen LogP) is 4.48. The van der Waals surface area contributed by atoms with Crippen LogP contribution in [0.15, 0.2) is 91.3 Å². The third-order valence-corrected chi connectivity index (χ3v) is 12.0. The highest BCUT2D eigenvalue weighted by atomic mass is 32.4. The molecule has 4 rings (SSSR count). The van der Waals surface area contributed by atoms with Crippen molar-refractivity contribution in [3.8, 4) is 0 Å². The molecule has 0 N–H and O–H groups in total. The highest BCUT2D eigenvalue weighted by Crippen LogP contribution is 2.63. The molecule has 1 aliphatic rings. The van der Waals surface area contributed by atoms with Gasteiger partial charge in [0.25, 0.3) is 0 Å². The maximum absolute atomic E-state index is 7.11. The van der Waals surface area contributed by atoms with E-state index in [1.54, 1.807) is 0 Å². The number of nitrogens with zero attached hydrogens (tertiary/aromatic N) is 1. The minimum absolute atomic E-state index is 0.0982. The van der Waals surface area contributed by atoms with Crippen molar-refractivity contribution >= 4 is 35.3 Å². The first kappa shape index (κ1) is 22.4. The van der Waals surface area contributed by atoms with Crippen LogP contribution in [0.25, 0.3) is 0 Å². The van der Waals surface area contributed by atoms with E-state index in [9.17, 15) is 0 Å². The molecule has 1 aromatic heterocycles. The first-order valence-electron chi connectivity index (χ1n) is 11.1. The summed E-state index contributed by atoms with van der Waals surface area (Å²) in [5.41, 5.74) is 1.03. The molecule has 0 saturated carbocycles. The Morgan fingerprint density at radius 3 is 1.68 bits per heavy atom. The highest BCUT2D eigenvalue weighted by Gasteiger charge is 2.57. The van der Waals surface area contributed by atoms with Crippen molar-refractivity contribution in [2.75, 3.05) is 0 Å². The van der Waals surface area contributed by atoms with Crippen LogP contribution in [0.5, 0.6) is 0 Å². The van der Waals surface area contributed by atoms with E-state index < -0.39 is 12.7 Å². The second kappa shape index (κ2) is 9.00. The van der Waals surface area contributed by atoms with Gasteiger partial charge in [0, 0.05) is 6.04 Å². The highest BCUT2D eigenvalue weighted by molar-refractivity contribution is 8.18.